The first-order chi connectivity index (χ1) is 12.3. The summed E-state index contributed by atoms with van der Waals surface area (Å²) in [5.74, 6) is 0.891. The maximum absolute atomic E-state index is 10.4. The Balaban J connectivity index is 1.52. The van der Waals surface area contributed by atoms with E-state index in [1.54, 1.807) is 17.6 Å². The number of furan rings is 1. The molecule has 0 amide bonds. The van der Waals surface area contributed by atoms with Crippen molar-refractivity contribution in [1.82, 2.24) is 4.90 Å². The van der Waals surface area contributed by atoms with Crippen molar-refractivity contribution in [3.8, 4) is 0 Å². The molecule has 0 fully saturated rings. The summed E-state index contributed by atoms with van der Waals surface area (Å²) in [6.45, 7) is 2.81. The Morgan fingerprint density at radius 1 is 1.04 bits per heavy atom. The summed E-state index contributed by atoms with van der Waals surface area (Å²) >= 11 is 1.66. The van der Waals surface area contributed by atoms with Gasteiger partial charge >= 0.3 is 0 Å². The van der Waals surface area contributed by atoms with Gasteiger partial charge in [-0.05, 0) is 29.1 Å². The van der Waals surface area contributed by atoms with Crippen molar-refractivity contribution in [3.63, 3.8) is 0 Å². The highest BCUT2D eigenvalue weighted by molar-refractivity contribution is 7.09. The highest BCUT2D eigenvalue weighted by Gasteiger charge is 2.14. The molecule has 1 aromatic carbocycles. The molecule has 3 aromatic rings. The lowest BCUT2D eigenvalue weighted by Crippen LogP contribution is -2.34. The first-order valence-corrected chi connectivity index (χ1v) is 9.24. The van der Waals surface area contributed by atoms with Crippen LogP contribution >= 0.6 is 11.3 Å². The molecule has 1 unspecified atom stereocenters. The third kappa shape index (κ3) is 6.14. The van der Waals surface area contributed by atoms with E-state index in [1.165, 1.54) is 10.4 Å². The molecule has 0 aliphatic rings. The zero-order chi connectivity index (χ0) is 17.3. The van der Waals surface area contributed by atoms with E-state index in [9.17, 15) is 5.11 Å². The van der Waals surface area contributed by atoms with E-state index in [2.05, 4.69) is 17.0 Å². The van der Waals surface area contributed by atoms with E-state index in [0.717, 1.165) is 12.3 Å². The van der Waals surface area contributed by atoms with Crippen molar-refractivity contribution in [2.45, 2.75) is 25.8 Å². The minimum absolute atomic E-state index is 0.321. The summed E-state index contributed by atoms with van der Waals surface area (Å²) < 4.78 is 11.1. The maximum atomic E-state index is 10.4. The largest absolute Gasteiger partial charge is 0.468 e. The van der Waals surface area contributed by atoms with Crippen LogP contribution in [0.1, 0.15) is 16.2 Å². The number of hydrogen-bond donors (Lipinski definition) is 1. The van der Waals surface area contributed by atoms with Crippen LogP contribution in [0.5, 0.6) is 0 Å². The molecule has 2 aromatic heterocycles. The quantitative estimate of drug-likeness (QED) is 0.597. The summed E-state index contributed by atoms with van der Waals surface area (Å²) in [6, 6.07) is 18.1. The number of benzene rings is 1. The lowest BCUT2D eigenvalue weighted by atomic mass is 10.2. The average Bonchev–Trinajstić information content (AvgIpc) is 3.29. The summed E-state index contributed by atoms with van der Waals surface area (Å²) in [7, 11) is 0. The fourth-order valence-electron chi connectivity index (χ4n) is 2.69. The van der Waals surface area contributed by atoms with Crippen LogP contribution in [0, 0.1) is 0 Å². The first kappa shape index (κ1) is 17.9. The monoisotopic (exact) mass is 357 g/mol. The average molecular weight is 357 g/mol. The van der Waals surface area contributed by atoms with Gasteiger partial charge in [0.2, 0.25) is 0 Å². The molecule has 1 N–H and O–H groups in total. The lowest BCUT2D eigenvalue weighted by Gasteiger charge is -2.24. The fourth-order valence-corrected chi connectivity index (χ4v) is 3.33. The van der Waals surface area contributed by atoms with E-state index in [-0.39, 0.29) is 0 Å². The highest BCUT2D eigenvalue weighted by Crippen LogP contribution is 2.13. The van der Waals surface area contributed by atoms with Crippen molar-refractivity contribution >= 4 is 11.3 Å². The summed E-state index contributed by atoms with van der Waals surface area (Å²) in [5, 5.41) is 12.4. The number of rotatable bonds is 10. The molecule has 132 valence electrons. The van der Waals surface area contributed by atoms with Crippen LogP contribution in [0.25, 0.3) is 0 Å². The minimum Gasteiger partial charge on any atom is -0.468 e. The smallest absolute Gasteiger partial charge is 0.117 e. The van der Waals surface area contributed by atoms with Crippen LogP contribution in [0.3, 0.4) is 0 Å². The van der Waals surface area contributed by atoms with Crippen LogP contribution in [-0.2, 0) is 24.4 Å². The van der Waals surface area contributed by atoms with Gasteiger partial charge < -0.3 is 14.3 Å². The fraction of sp³-hybridized carbons (Fsp3) is 0.300. The SMILES string of the molecule is OC(COCc1cccs1)CN(Cc1ccccc1)Cc1ccco1. The molecular weight excluding hydrogens is 334 g/mol. The van der Waals surface area contributed by atoms with Crippen molar-refractivity contribution in [2.24, 2.45) is 0 Å². The van der Waals surface area contributed by atoms with Crippen molar-refractivity contribution in [3.05, 3.63) is 82.4 Å². The Hall–Kier alpha value is -1.92. The number of aliphatic hydroxyl groups is 1. The van der Waals surface area contributed by atoms with Crippen molar-refractivity contribution in [1.29, 1.82) is 0 Å². The van der Waals surface area contributed by atoms with Crippen LogP contribution in [0.4, 0.5) is 0 Å². The zero-order valence-electron chi connectivity index (χ0n) is 14.1. The second-order valence-corrected chi connectivity index (χ2v) is 7.02. The summed E-state index contributed by atoms with van der Waals surface area (Å²) in [5.41, 5.74) is 1.21. The zero-order valence-corrected chi connectivity index (χ0v) is 14.9. The molecule has 4 nitrogen and oxygen atoms in total. The van der Waals surface area contributed by atoms with Gasteiger partial charge in [0.25, 0.3) is 0 Å². The standard InChI is InChI=1S/C20H23NO3S/c22-18(15-23-16-20-9-5-11-25-20)13-21(14-19-8-4-10-24-19)12-17-6-2-1-3-7-17/h1-11,18,22H,12-16H2. The Morgan fingerprint density at radius 2 is 1.92 bits per heavy atom. The van der Waals surface area contributed by atoms with E-state index in [0.29, 0.717) is 26.3 Å². The Labute approximate surface area is 152 Å². The molecule has 0 bridgehead atoms. The van der Waals surface area contributed by atoms with Crippen LogP contribution < -0.4 is 0 Å². The highest BCUT2D eigenvalue weighted by atomic mass is 32.1. The van der Waals surface area contributed by atoms with Gasteiger partial charge in [0.05, 0.1) is 32.1 Å². The Kier molecular flexibility index (Phi) is 6.82. The van der Waals surface area contributed by atoms with Gasteiger partial charge in [-0.15, -0.1) is 11.3 Å². The van der Waals surface area contributed by atoms with E-state index >= 15 is 0 Å². The van der Waals surface area contributed by atoms with E-state index < -0.39 is 6.10 Å². The first-order valence-electron chi connectivity index (χ1n) is 8.36. The lowest BCUT2D eigenvalue weighted by molar-refractivity contribution is 0.00688. The maximum Gasteiger partial charge on any atom is 0.117 e. The van der Waals surface area contributed by atoms with Gasteiger partial charge in [-0.1, -0.05) is 36.4 Å². The van der Waals surface area contributed by atoms with E-state index in [1.807, 2.05) is 47.8 Å². The van der Waals surface area contributed by atoms with Gasteiger partial charge in [-0.25, -0.2) is 0 Å². The minimum atomic E-state index is -0.543. The number of hydrogen-bond acceptors (Lipinski definition) is 5. The summed E-state index contributed by atoms with van der Waals surface area (Å²) in [4.78, 5) is 3.34. The molecule has 0 spiro atoms. The van der Waals surface area contributed by atoms with Gasteiger partial charge in [0, 0.05) is 18.0 Å². The molecule has 5 heteroatoms. The molecule has 2 heterocycles. The Morgan fingerprint density at radius 3 is 2.64 bits per heavy atom. The molecule has 0 radical (unpaired) electrons. The third-order valence-corrected chi connectivity index (χ3v) is 4.66. The van der Waals surface area contributed by atoms with Gasteiger partial charge in [0.1, 0.15) is 5.76 Å². The molecule has 25 heavy (non-hydrogen) atoms. The predicted molar refractivity (Wildman–Crippen MR) is 99.2 cm³/mol. The molecule has 0 aliphatic carbocycles. The number of nitrogens with zero attached hydrogens (tertiary/aromatic N) is 1. The molecule has 0 saturated carbocycles. The van der Waals surface area contributed by atoms with Crippen molar-refractivity contribution < 1.29 is 14.3 Å². The summed E-state index contributed by atoms with van der Waals surface area (Å²) in [6.07, 6.45) is 1.13. The second-order valence-electron chi connectivity index (χ2n) is 5.98. The van der Waals surface area contributed by atoms with Crippen LogP contribution in [0.15, 0.2) is 70.7 Å². The van der Waals surface area contributed by atoms with Crippen molar-refractivity contribution in [2.75, 3.05) is 13.2 Å². The molecular formula is C20H23NO3S. The molecule has 0 saturated heterocycles. The number of aliphatic hydroxyl groups excluding tert-OH is 1. The molecule has 3 rings (SSSR count). The number of ether oxygens (including phenoxy) is 1. The second kappa shape index (κ2) is 9.53. The van der Waals surface area contributed by atoms with E-state index in [4.69, 9.17) is 9.15 Å². The van der Waals surface area contributed by atoms with Gasteiger partial charge in [0.15, 0.2) is 0 Å². The van der Waals surface area contributed by atoms with Gasteiger partial charge in [-0.2, -0.15) is 0 Å². The number of thiophene rings is 1. The molecule has 1 atom stereocenters. The predicted octanol–water partition coefficient (Wildman–Crippen LogP) is 3.92. The van der Waals surface area contributed by atoms with Gasteiger partial charge in [-0.3, -0.25) is 4.90 Å². The molecule has 0 aliphatic heterocycles. The topological polar surface area (TPSA) is 45.8 Å². The van der Waals surface area contributed by atoms with Crippen LogP contribution in [0.2, 0.25) is 0 Å². The normalized spacial score (nSPS) is 12.6. The van der Waals surface area contributed by atoms with Crippen LogP contribution in [-0.4, -0.2) is 29.3 Å². The Bertz CT molecular complexity index is 698. The third-order valence-electron chi connectivity index (χ3n) is 3.81.